The molecule has 0 unspecified atom stereocenters. The predicted octanol–water partition coefficient (Wildman–Crippen LogP) is 2.93. The first-order chi connectivity index (χ1) is 5.28. The summed E-state index contributed by atoms with van der Waals surface area (Å²) in [5.41, 5.74) is 0. The number of alkyl halides is 2. The van der Waals surface area contributed by atoms with E-state index in [-0.39, 0.29) is 18.2 Å². The van der Waals surface area contributed by atoms with Crippen LogP contribution in [0, 0.1) is 5.92 Å². The van der Waals surface area contributed by atoms with Crippen LogP contribution in [0.25, 0.3) is 0 Å². The van der Waals surface area contributed by atoms with Crippen molar-refractivity contribution >= 4 is 29.2 Å². The highest BCUT2D eigenvalue weighted by Gasteiger charge is 2.39. The van der Waals surface area contributed by atoms with E-state index in [4.69, 9.17) is 27.9 Å². The predicted molar refractivity (Wildman–Crippen MR) is 55.5 cm³/mol. The third kappa shape index (κ3) is 4.69. The second kappa shape index (κ2) is 5.68. The molecule has 5 heteroatoms. The van der Waals surface area contributed by atoms with Crippen LogP contribution in [0.15, 0.2) is 0 Å². The lowest BCUT2D eigenvalue weighted by molar-refractivity contribution is -0.149. The lowest BCUT2D eigenvalue weighted by Crippen LogP contribution is -2.35. The highest BCUT2D eigenvalue weighted by molar-refractivity contribution is 6.57. The van der Waals surface area contributed by atoms with Gasteiger partial charge in [-0.2, -0.15) is 0 Å². The molecule has 80 valence electrons. The molecule has 13 heavy (non-hydrogen) atoms. The van der Waals surface area contributed by atoms with Gasteiger partial charge in [-0.15, -0.1) is 0 Å². The Balaban J connectivity index is 0. The van der Waals surface area contributed by atoms with E-state index in [1.807, 2.05) is 0 Å². The topological polar surface area (TPSA) is 61.3 Å². The van der Waals surface area contributed by atoms with Gasteiger partial charge in [0.2, 0.25) is 4.33 Å². The summed E-state index contributed by atoms with van der Waals surface area (Å²) in [6, 6.07) is 0. The van der Waals surface area contributed by atoms with E-state index in [1.165, 1.54) is 0 Å². The van der Waals surface area contributed by atoms with Crippen molar-refractivity contribution in [2.24, 2.45) is 5.92 Å². The summed E-state index contributed by atoms with van der Waals surface area (Å²) in [5.74, 6) is -0.733. The van der Waals surface area contributed by atoms with Gasteiger partial charge in [0.25, 0.3) is 0 Å². The molecule has 0 aromatic carbocycles. The number of carbonyl (C=O) groups excluding carboxylic acids is 1. The Morgan fingerprint density at radius 3 is 1.85 bits per heavy atom. The fraction of sp³-hybridized carbons (Fsp3) is 0.875. The summed E-state index contributed by atoms with van der Waals surface area (Å²) in [6.07, 6.45) is -0.187. The Morgan fingerprint density at radius 2 is 1.62 bits per heavy atom. The molecule has 3 nitrogen and oxygen atoms in total. The van der Waals surface area contributed by atoms with Crippen LogP contribution in [0.5, 0.6) is 0 Å². The Labute approximate surface area is 89.3 Å². The van der Waals surface area contributed by atoms with Gasteiger partial charge in [-0.05, 0) is 19.8 Å². The SMILES string of the molecule is CC(C)OC(=O)C(Cl)(Cl)C(C)C.N. The van der Waals surface area contributed by atoms with Gasteiger partial charge in [-0.25, -0.2) is 4.79 Å². The molecule has 0 spiro atoms. The van der Waals surface area contributed by atoms with Crippen molar-refractivity contribution in [3.63, 3.8) is 0 Å². The number of esters is 1. The lowest BCUT2D eigenvalue weighted by atomic mass is 10.1. The van der Waals surface area contributed by atoms with E-state index >= 15 is 0 Å². The van der Waals surface area contributed by atoms with Crippen LogP contribution in [0.1, 0.15) is 27.7 Å². The Hall–Kier alpha value is 0.01000. The van der Waals surface area contributed by atoms with Crippen LogP contribution >= 0.6 is 23.2 Å². The Morgan fingerprint density at radius 1 is 1.23 bits per heavy atom. The van der Waals surface area contributed by atoms with E-state index in [1.54, 1.807) is 27.7 Å². The van der Waals surface area contributed by atoms with E-state index in [9.17, 15) is 4.79 Å². The van der Waals surface area contributed by atoms with Gasteiger partial charge >= 0.3 is 5.97 Å². The molecule has 0 heterocycles. The minimum absolute atomic E-state index is 0. The average Bonchev–Trinajstić information content (AvgIpc) is 1.85. The number of rotatable bonds is 3. The third-order valence-electron chi connectivity index (χ3n) is 1.34. The monoisotopic (exact) mass is 229 g/mol. The standard InChI is InChI=1S/C8H14Cl2O2.H3N/c1-5(2)8(9,10)7(11)12-6(3)4;/h5-6H,1-4H3;1H3. The van der Waals surface area contributed by atoms with Crippen LogP contribution in [0.3, 0.4) is 0 Å². The fourth-order valence-electron chi connectivity index (χ4n) is 0.528. The summed E-state index contributed by atoms with van der Waals surface area (Å²) < 4.78 is 3.45. The molecule has 0 rings (SSSR count). The van der Waals surface area contributed by atoms with Gasteiger partial charge in [0.15, 0.2) is 0 Å². The number of carbonyl (C=O) groups is 1. The first-order valence-electron chi connectivity index (χ1n) is 3.87. The van der Waals surface area contributed by atoms with Crippen LogP contribution in [-0.2, 0) is 9.53 Å². The maximum Gasteiger partial charge on any atom is 0.343 e. The van der Waals surface area contributed by atoms with E-state index in [0.717, 1.165) is 0 Å². The average molecular weight is 230 g/mol. The first kappa shape index (κ1) is 15.5. The van der Waals surface area contributed by atoms with Crippen molar-refractivity contribution in [1.29, 1.82) is 0 Å². The minimum Gasteiger partial charge on any atom is -0.461 e. The maximum absolute atomic E-state index is 11.2. The summed E-state index contributed by atoms with van der Waals surface area (Å²) in [7, 11) is 0. The van der Waals surface area contributed by atoms with Crippen LogP contribution in [0.2, 0.25) is 0 Å². The van der Waals surface area contributed by atoms with E-state index in [0.29, 0.717) is 0 Å². The second-order valence-electron chi connectivity index (χ2n) is 3.23. The van der Waals surface area contributed by atoms with Crippen molar-refractivity contribution in [2.75, 3.05) is 0 Å². The van der Waals surface area contributed by atoms with Gasteiger partial charge in [-0.1, -0.05) is 37.0 Å². The van der Waals surface area contributed by atoms with E-state index in [2.05, 4.69) is 0 Å². The molecule has 0 fully saturated rings. The molecule has 0 saturated carbocycles. The van der Waals surface area contributed by atoms with Crippen molar-refractivity contribution < 1.29 is 9.53 Å². The molecule has 0 saturated heterocycles. The second-order valence-corrected chi connectivity index (χ2v) is 4.62. The number of hydrogen-bond acceptors (Lipinski definition) is 3. The van der Waals surface area contributed by atoms with Crippen LogP contribution in [-0.4, -0.2) is 16.4 Å². The largest absolute Gasteiger partial charge is 0.461 e. The van der Waals surface area contributed by atoms with E-state index < -0.39 is 10.3 Å². The van der Waals surface area contributed by atoms with Crippen molar-refractivity contribution in [2.45, 2.75) is 38.1 Å². The zero-order chi connectivity index (χ0) is 9.94. The smallest absolute Gasteiger partial charge is 0.343 e. The summed E-state index contributed by atoms with van der Waals surface area (Å²) >= 11 is 11.5. The van der Waals surface area contributed by atoms with Gasteiger partial charge in [0.05, 0.1) is 6.10 Å². The summed E-state index contributed by atoms with van der Waals surface area (Å²) in [4.78, 5) is 11.2. The molecule has 3 N–H and O–H groups in total. The van der Waals surface area contributed by atoms with Gasteiger partial charge in [0, 0.05) is 0 Å². The highest BCUT2D eigenvalue weighted by Crippen LogP contribution is 2.31. The molecule has 0 aromatic heterocycles. The molecule has 0 aromatic rings. The molecule has 0 amide bonds. The van der Waals surface area contributed by atoms with Crippen molar-refractivity contribution in [3.8, 4) is 0 Å². The molecule has 0 radical (unpaired) electrons. The number of hydrogen-bond donors (Lipinski definition) is 1. The fourth-order valence-corrected chi connectivity index (χ4v) is 0.617. The molecule has 0 aliphatic rings. The van der Waals surface area contributed by atoms with Gasteiger partial charge < -0.3 is 10.9 Å². The first-order valence-corrected chi connectivity index (χ1v) is 4.63. The zero-order valence-corrected chi connectivity index (χ0v) is 9.95. The van der Waals surface area contributed by atoms with Crippen LogP contribution in [0.4, 0.5) is 0 Å². The number of halogens is 2. The minimum atomic E-state index is -1.43. The molecule has 0 bridgehead atoms. The van der Waals surface area contributed by atoms with Gasteiger partial charge in [-0.3, -0.25) is 0 Å². The molecule has 0 atom stereocenters. The van der Waals surface area contributed by atoms with Crippen LogP contribution < -0.4 is 6.15 Å². The summed E-state index contributed by atoms with van der Waals surface area (Å²) in [5, 5.41) is 0. The lowest BCUT2D eigenvalue weighted by Gasteiger charge is -2.22. The van der Waals surface area contributed by atoms with Crippen molar-refractivity contribution in [1.82, 2.24) is 6.15 Å². The normalized spacial score (nSPS) is 11.4. The molecule has 0 aliphatic carbocycles. The summed E-state index contributed by atoms with van der Waals surface area (Å²) in [6.45, 7) is 7.04. The van der Waals surface area contributed by atoms with Crippen molar-refractivity contribution in [3.05, 3.63) is 0 Å². The molecular weight excluding hydrogens is 213 g/mol. The van der Waals surface area contributed by atoms with Gasteiger partial charge in [0.1, 0.15) is 0 Å². The molecule has 0 aliphatic heterocycles. The Bertz CT molecular complexity index is 170. The number of ether oxygens (including phenoxy) is 1. The zero-order valence-electron chi connectivity index (χ0n) is 8.43. The Kier molecular flexibility index (Phi) is 6.76. The molecular formula is C8H17Cl2NO2. The highest BCUT2D eigenvalue weighted by atomic mass is 35.5. The quantitative estimate of drug-likeness (QED) is 0.598. The maximum atomic E-state index is 11.2. The third-order valence-corrected chi connectivity index (χ3v) is 2.52.